The summed E-state index contributed by atoms with van der Waals surface area (Å²) in [6, 6.07) is 0. The van der Waals surface area contributed by atoms with E-state index in [2.05, 4.69) is 13.8 Å². The zero-order chi connectivity index (χ0) is 45.5. The molecule has 15 heteroatoms. The summed E-state index contributed by atoms with van der Waals surface area (Å²) in [4.78, 5) is 23.5. The highest BCUT2D eigenvalue weighted by atomic mass is 16.6. The number of hydrogen-bond acceptors (Lipinski definition) is 15. The number of carbonyl (C=O) groups is 2. The second-order valence-corrected chi connectivity index (χ2v) is 15.3. The van der Waals surface area contributed by atoms with Crippen LogP contribution in [0.3, 0.4) is 0 Å². The molecule has 376 valence electrons. The maximum Gasteiger partial charge on any atom is 0.305 e. The van der Waals surface area contributed by atoms with E-state index in [4.69, 9.17) is 61.6 Å². The summed E-state index contributed by atoms with van der Waals surface area (Å²) < 4.78 is 70.8. The van der Waals surface area contributed by atoms with Crippen molar-refractivity contribution in [2.24, 2.45) is 0 Å². The van der Waals surface area contributed by atoms with Gasteiger partial charge in [0, 0.05) is 12.8 Å². The second-order valence-electron chi connectivity index (χ2n) is 15.3. The molecule has 0 spiro atoms. The van der Waals surface area contributed by atoms with E-state index in [1.54, 1.807) is 0 Å². The van der Waals surface area contributed by atoms with Crippen molar-refractivity contribution in [3.63, 3.8) is 0 Å². The molecule has 0 saturated heterocycles. The molecule has 0 atom stereocenters. The van der Waals surface area contributed by atoms with Gasteiger partial charge in [0.2, 0.25) is 0 Å². The molecule has 0 amide bonds. The van der Waals surface area contributed by atoms with Crippen molar-refractivity contribution in [3.05, 3.63) is 0 Å². The maximum absolute atomic E-state index is 11.9. The molecular formula is C48H94O15. The molecule has 0 aromatic carbocycles. The molecule has 0 saturated carbocycles. The normalized spacial score (nSPS) is 11.5. The Bertz CT molecular complexity index is 885. The molecule has 0 rings (SSSR count). The predicted octanol–water partition coefficient (Wildman–Crippen LogP) is 8.10. The Hall–Kier alpha value is -1.50. The Balaban J connectivity index is 3.14. The van der Waals surface area contributed by atoms with Crippen molar-refractivity contribution in [3.8, 4) is 0 Å². The Morgan fingerprint density at radius 1 is 0.222 bits per heavy atom. The van der Waals surface area contributed by atoms with Crippen molar-refractivity contribution in [1.82, 2.24) is 0 Å². The fraction of sp³-hybridized carbons (Fsp3) is 0.958. The third-order valence-electron chi connectivity index (χ3n) is 9.67. The van der Waals surface area contributed by atoms with Crippen molar-refractivity contribution < 1.29 is 71.2 Å². The van der Waals surface area contributed by atoms with E-state index in [1.807, 2.05) is 0 Å². The highest BCUT2D eigenvalue weighted by Gasteiger charge is 2.04. The molecule has 0 aliphatic heterocycles. The molecule has 0 aromatic rings. The minimum absolute atomic E-state index is 0.135. The summed E-state index contributed by atoms with van der Waals surface area (Å²) in [5, 5.41) is 0. The minimum Gasteiger partial charge on any atom is -0.463 e. The van der Waals surface area contributed by atoms with Gasteiger partial charge >= 0.3 is 11.9 Å². The number of unbranched alkanes of at least 4 members (excludes halogenated alkanes) is 16. The topological polar surface area (TPSA) is 154 Å². The van der Waals surface area contributed by atoms with Gasteiger partial charge in [-0.1, -0.05) is 117 Å². The number of rotatable bonds is 56. The van der Waals surface area contributed by atoms with Crippen LogP contribution in [0.5, 0.6) is 0 Å². The molecule has 0 heterocycles. The summed E-state index contributed by atoms with van der Waals surface area (Å²) in [6.45, 7) is 15.4. The third-order valence-corrected chi connectivity index (χ3v) is 9.67. The van der Waals surface area contributed by atoms with Gasteiger partial charge in [0.15, 0.2) is 0 Å². The van der Waals surface area contributed by atoms with Crippen LogP contribution in [0.25, 0.3) is 0 Å². The molecule has 0 N–H and O–H groups in total. The standard InChI is InChI=1S/C48H94O15/c1-3-5-7-9-10-11-12-13-14-15-16-18-20-22-48(50)63-46-44-61-42-40-59-38-36-57-34-32-55-30-28-53-26-24-51-23-25-52-27-29-54-31-33-56-35-37-58-39-41-60-43-45-62-47(49)21-19-17-8-6-4-2/h3-46H2,1-2H3. The van der Waals surface area contributed by atoms with E-state index in [-0.39, 0.29) is 25.2 Å². The lowest BCUT2D eigenvalue weighted by molar-refractivity contribution is -0.146. The first-order valence-electron chi connectivity index (χ1n) is 24.9. The third kappa shape index (κ3) is 56.6. The summed E-state index contributed by atoms with van der Waals surface area (Å²) in [6.07, 6.45) is 23.3. The summed E-state index contributed by atoms with van der Waals surface area (Å²) in [7, 11) is 0. The highest BCUT2D eigenvalue weighted by Crippen LogP contribution is 2.13. The van der Waals surface area contributed by atoms with Gasteiger partial charge in [-0.05, 0) is 12.8 Å². The largest absolute Gasteiger partial charge is 0.463 e. The van der Waals surface area contributed by atoms with Crippen LogP contribution in [0.15, 0.2) is 0 Å². The first-order valence-corrected chi connectivity index (χ1v) is 24.9. The Kier molecular flexibility index (Phi) is 55.3. The lowest BCUT2D eigenvalue weighted by Crippen LogP contribution is -2.16. The predicted molar refractivity (Wildman–Crippen MR) is 245 cm³/mol. The minimum atomic E-state index is -0.150. The van der Waals surface area contributed by atoms with E-state index in [1.165, 1.54) is 89.9 Å². The van der Waals surface area contributed by atoms with Gasteiger partial charge in [0.1, 0.15) is 13.2 Å². The molecule has 0 unspecified atom stereocenters. The molecule has 0 aliphatic rings. The second kappa shape index (κ2) is 56.6. The van der Waals surface area contributed by atoms with Gasteiger partial charge in [-0.25, -0.2) is 0 Å². The van der Waals surface area contributed by atoms with Gasteiger partial charge in [0.25, 0.3) is 0 Å². The molecule has 0 aliphatic carbocycles. The Labute approximate surface area is 383 Å². The molecule has 0 bridgehead atoms. The van der Waals surface area contributed by atoms with Gasteiger partial charge in [0.05, 0.1) is 145 Å². The summed E-state index contributed by atoms with van der Waals surface area (Å²) >= 11 is 0. The maximum atomic E-state index is 11.9. The van der Waals surface area contributed by atoms with Crippen LogP contribution in [0, 0.1) is 0 Å². The van der Waals surface area contributed by atoms with E-state index in [0.717, 1.165) is 25.7 Å². The van der Waals surface area contributed by atoms with Crippen LogP contribution in [-0.4, -0.2) is 171 Å². The van der Waals surface area contributed by atoms with Gasteiger partial charge in [-0.15, -0.1) is 0 Å². The van der Waals surface area contributed by atoms with E-state index < -0.39 is 0 Å². The monoisotopic (exact) mass is 911 g/mol. The van der Waals surface area contributed by atoms with E-state index >= 15 is 0 Å². The number of esters is 2. The average Bonchev–Trinajstić information content (AvgIpc) is 3.28. The lowest BCUT2D eigenvalue weighted by atomic mass is 10.0. The number of ether oxygens (including phenoxy) is 13. The lowest BCUT2D eigenvalue weighted by Gasteiger charge is -2.09. The Morgan fingerprint density at radius 2 is 0.381 bits per heavy atom. The quantitative estimate of drug-likeness (QED) is 0.0426. The smallest absolute Gasteiger partial charge is 0.305 e. The molecule has 63 heavy (non-hydrogen) atoms. The fourth-order valence-corrected chi connectivity index (χ4v) is 6.03. The highest BCUT2D eigenvalue weighted by molar-refractivity contribution is 5.69. The zero-order valence-electron chi connectivity index (χ0n) is 40.2. The summed E-state index contributed by atoms with van der Waals surface area (Å²) in [5.74, 6) is -0.285. The van der Waals surface area contributed by atoms with Crippen LogP contribution >= 0.6 is 0 Å². The molecular weight excluding hydrogens is 817 g/mol. The van der Waals surface area contributed by atoms with Crippen molar-refractivity contribution in [2.75, 3.05) is 159 Å². The van der Waals surface area contributed by atoms with Gasteiger partial charge in [-0.2, -0.15) is 0 Å². The first kappa shape index (κ1) is 61.5. The van der Waals surface area contributed by atoms with E-state index in [9.17, 15) is 9.59 Å². The Morgan fingerprint density at radius 3 is 0.571 bits per heavy atom. The van der Waals surface area contributed by atoms with Crippen molar-refractivity contribution in [1.29, 1.82) is 0 Å². The van der Waals surface area contributed by atoms with Crippen LogP contribution in [0.2, 0.25) is 0 Å². The zero-order valence-corrected chi connectivity index (χ0v) is 40.2. The van der Waals surface area contributed by atoms with Crippen LogP contribution < -0.4 is 0 Å². The SMILES string of the molecule is CCCCCCCCCCCCCCCC(=O)OCCOCCOCCOCCOCCOCCOCCOCCOCCOCCOCCOCCOC(=O)CCCCCCC. The molecule has 0 fully saturated rings. The fourth-order valence-electron chi connectivity index (χ4n) is 6.03. The van der Waals surface area contributed by atoms with Crippen molar-refractivity contribution in [2.45, 2.75) is 142 Å². The molecule has 0 radical (unpaired) electrons. The number of carbonyl (C=O) groups excluding carboxylic acids is 2. The van der Waals surface area contributed by atoms with Gasteiger partial charge < -0.3 is 61.6 Å². The van der Waals surface area contributed by atoms with Crippen LogP contribution in [-0.2, 0) is 71.2 Å². The molecule has 0 aromatic heterocycles. The number of hydrogen-bond donors (Lipinski definition) is 0. The van der Waals surface area contributed by atoms with E-state index in [0.29, 0.717) is 158 Å². The van der Waals surface area contributed by atoms with Crippen LogP contribution in [0.1, 0.15) is 142 Å². The first-order chi connectivity index (χ1) is 31.2. The van der Waals surface area contributed by atoms with Crippen LogP contribution in [0.4, 0.5) is 0 Å². The van der Waals surface area contributed by atoms with Crippen molar-refractivity contribution >= 4 is 11.9 Å². The van der Waals surface area contributed by atoms with Gasteiger partial charge in [-0.3, -0.25) is 9.59 Å². The molecule has 15 nitrogen and oxygen atoms in total. The summed E-state index contributed by atoms with van der Waals surface area (Å²) in [5.41, 5.74) is 0. The average molecular weight is 911 g/mol.